The Labute approximate surface area is 188 Å². The third-order valence-electron chi connectivity index (χ3n) is 6.36. The van der Waals surface area contributed by atoms with Crippen LogP contribution in [0.3, 0.4) is 0 Å². The molecule has 32 heavy (non-hydrogen) atoms. The summed E-state index contributed by atoms with van der Waals surface area (Å²) in [6, 6.07) is 14.3. The van der Waals surface area contributed by atoms with Crippen LogP contribution in [0.2, 0.25) is 0 Å². The second kappa shape index (κ2) is 10.2. The second-order valence-electron chi connectivity index (χ2n) is 8.39. The standard InChI is InChI=1S/C25H30FN3O3/c1-2-18-3-9-22(10-4-18)29-17-20(15-24(29)30)25(31)27-16-23(28-11-13-32-14-12-28)19-5-7-21(26)8-6-19/h3-10,20,23H,2,11-17H2,1H3,(H,27,31)/t20-,23+/m0/s1. The molecule has 170 valence electrons. The number of rotatable bonds is 7. The molecule has 2 aromatic rings. The number of nitrogens with zero attached hydrogens (tertiary/aromatic N) is 2. The highest BCUT2D eigenvalue weighted by Gasteiger charge is 2.35. The van der Waals surface area contributed by atoms with E-state index in [1.807, 2.05) is 24.3 Å². The fourth-order valence-corrected chi connectivity index (χ4v) is 4.42. The topological polar surface area (TPSA) is 61.9 Å². The van der Waals surface area contributed by atoms with E-state index in [-0.39, 0.29) is 36.0 Å². The van der Waals surface area contributed by atoms with Crippen LogP contribution in [0.4, 0.5) is 10.1 Å². The number of halogens is 1. The van der Waals surface area contributed by atoms with E-state index in [4.69, 9.17) is 4.74 Å². The van der Waals surface area contributed by atoms with Crippen molar-refractivity contribution >= 4 is 17.5 Å². The number of benzene rings is 2. The van der Waals surface area contributed by atoms with E-state index >= 15 is 0 Å². The number of carbonyl (C=O) groups excluding carboxylic acids is 2. The minimum atomic E-state index is -0.382. The average Bonchev–Trinajstić information content (AvgIpc) is 3.22. The predicted octanol–water partition coefficient (Wildman–Crippen LogP) is 2.93. The van der Waals surface area contributed by atoms with Crippen LogP contribution in [0.15, 0.2) is 48.5 Å². The zero-order valence-electron chi connectivity index (χ0n) is 18.4. The van der Waals surface area contributed by atoms with E-state index in [9.17, 15) is 14.0 Å². The molecule has 2 aliphatic heterocycles. The quantitative estimate of drug-likeness (QED) is 0.721. The van der Waals surface area contributed by atoms with E-state index in [2.05, 4.69) is 17.1 Å². The molecule has 0 spiro atoms. The SMILES string of the molecule is CCc1ccc(N2C[C@@H](C(=O)NC[C@H](c3ccc(F)cc3)N3CCOCC3)CC2=O)cc1. The predicted molar refractivity (Wildman–Crippen MR) is 121 cm³/mol. The number of carbonyl (C=O) groups is 2. The van der Waals surface area contributed by atoms with Crippen LogP contribution < -0.4 is 10.2 Å². The first-order chi connectivity index (χ1) is 15.5. The summed E-state index contributed by atoms with van der Waals surface area (Å²) in [5.41, 5.74) is 3.00. The first-order valence-electron chi connectivity index (χ1n) is 11.3. The van der Waals surface area contributed by atoms with Gasteiger partial charge in [0.05, 0.1) is 25.2 Å². The summed E-state index contributed by atoms with van der Waals surface area (Å²) in [7, 11) is 0. The van der Waals surface area contributed by atoms with Crippen molar-refractivity contribution in [3.63, 3.8) is 0 Å². The summed E-state index contributed by atoms with van der Waals surface area (Å²) in [6.45, 7) is 5.65. The Bertz CT molecular complexity index is 926. The Balaban J connectivity index is 1.40. The van der Waals surface area contributed by atoms with E-state index in [1.54, 1.807) is 17.0 Å². The lowest BCUT2D eigenvalue weighted by Crippen LogP contribution is -2.45. The smallest absolute Gasteiger partial charge is 0.227 e. The van der Waals surface area contributed by atoms with Gasteiger partial charge in [-0.05, 0) is 41.8 Å². The van der Waals surface area contributed by atoms with Crippen molar-refractivity contribution in [3.8, 4) is 0 Å². The molecule has 2 aliphatic rings. The first-order valence-corrected chi connectivity index (χ1v) is 11.3. The zero-order chi connectivity index (χ0) is 22.5. The Morgan fingerprint density at radius 3 is 2.47 bits per heavy atom. The number of aryl methyl sites for hydroxylation is 1. The fourth-order valence-electron chi connectivity index (χ4n) is 4.42. The summed E-state index contributed by atoms with van der Waals surface area (Å²) in [5.74, 6) is -0.814. The summed E-state index contributed by atoms with van der Waals surface area (Å²) >= 11 is 0. The van der Waals surface area contributed by atoms with Crippen LogP contribution in [0, 0.1) is 11.7 Å². The molecule has 1 N–H and O–H groups in total. The molecule has 2 amide bonds. The molecule has 2 atom stereocenters. The van der Waals surface area contributed by atoms with Crippen molar-refractivity contribution in [2.45, 2.75) is 25.8 Å². The molecule has 0 bridgehead atoms. The maximum Gasteiger partial charge on any atom is 0.227 e. The van der Waals surface area contributed by atoms with Crippen molar-refractivity contribution in [1.29, 1.82) is 0 Å². The molecule has 0 aromatic heterocycles. The van der Waals surface area contributed by atoms with Crippen molar-refractivity contribution in [2.75, 3.05) is 44.3 Å². The van der Waals surface area contributed by atoms with Crippen LogP contribution in [0.5, 0.6) is 0 Å². The molecule has 0 unspecified atom stereocenters. The van der Waals surface area contributed by atoms with Gasteiger partial charge in [0.15, 0.2) is 0 Å². The molecule has 2 aromatic carbocycles. The number of anilines is 1. The molecular weight excluding hydrogens is 409 g/mol. The van der Waals surface area contributed by atoms with E-state index in [0.29, 0.717) is 26.3 Å². The van der Waals surface area contributed by atoms with E-state index < -0.39 is 0 Å². The maximum absolute atomic E-state index is 13.4. The van der Waals surface area contributed by atoms with Gasteiger partial charge in [0.2, 0.25) is 11.8 Å². The minimum absolute atomic E-state index is 0.0299. The molecule has 6 nitrogen and oxygen atoms in total. The van der Waals surface area contributed by atoms with Crippen LogP contribution in [-0.4, -0.2) is 56.1 Å². The zero-order valence-corrected chi connectivity index (χ0v) is 18.4. The number of nitrogens with one attached hydrogen (secondary N) is 1. The monoisotopic (exact) mass is 439 g/mol. The lowest BCUT2D eigenvalue weighted by Gasteiger charge is -2.35. The van der Waals surface area contributed by atoms with Crippen LogP contribution in [-0.2, 0) is 20.7 Å². The number of hydrogen-bond donors (Lipinski definition) is 1. The van der Waals surface area contributed by atoms with Crippen molar-refractivity contribution < 1.29 is 18.7 Å². The maximum atomic E-state index is 13.4. The van der Waals surface area contributed by atoms with Crippen molar-refractivity contribution in [1.82, 2.24) is 10.2 Å². The Morgan fingerprint density at radius 1 is 1.12 bits per heavy atom. The van der Waals surface area contributed by atoms with Gasteiger partial charge in [0.1, 0.15) is 5.82 Å². The van der Waals surface area contributed by atoms with Crippen molar-refractivity contribution in [2.24, 2.45) is 5.92 Å². The summed E-state index contributed by atoms with van der Waals surface area (Å²) in [6.07, 6.45) is 1.15. The number of hydrogen-bond acceptors (Lipinski definition) is 4. The Kier molecular flexibility index (Phi) is 7.17. The third kappa shape index (κ3) is 5.16. The molecule has 7 heteroatoms. The Hall–Kier alpha value is -2.77. The molecule has 2 saturated heterocycles. The van der Waals surface area contributed by atoms with Gasteiger partial charge < -0.3 is 15.0 Å². The number of ether oxygens (including phenoxy) is 1. The summed E-state index contributed by atoms with van der Waals surface area (Å²) in [4.78, 5) is 29.5. The third-order valence-corrected chi connectivity index (χ3v) is 6.36. The van der Waals surface area contributed by atoms with Gasteiger partial charge in [-0.3, -0.25) is 14.5 Å². The van der Waals surface area contributed by atoms with Gasteiger partial charge in [-0.1, -0.05) is 31.2 Å². The lowest BCUT2D eigenvalue weighted by molar-refractivity contribution is -0.126. The van der Waals surface area contributed by atoms with Crippen molar-refractivity contribution in [3.05, 3.63) is 65.5 Å². The second-order valence-corrected chi connectivity index (χ2v) is 8.39. The van der Waals surface area contributed by atoms with Gasteiger partial charge in [-0.15, -0.1) is 0 Å². The van der Waals surface area contributed by atoms with Crippen LogP contribution in [0.25, 0.3) is 0 Å². The minimum Gasteiger partial charge on any atom is -0.379 e. The molecule has 0 radical (unpaired) electrons. The van der Waals surface area contributed by atoms with Gasteiger partial charge in [0, 0.05) is 38.3 Å². The van der Waals surface area contributed by atoms with Gasteiger partial charge in [-0.2, -0.15) is 0 Å². The van der Waals surface area contributed by atoms with Crippen LogP contribution >= 0.6 is 0 Å². The van der Waals surface area contributed by atoms with Gasteiger partial charge >= 0.3 is 0 Å². The first kappa shape index (κ1) is 22.4. The average molecular weight is 440 g/mol. The highest BCUT2D eigenvalue weighted by Crippen LogP contribution is 2.26. The van der Waals surface area contributed by atoms with Gasteiger partial charge in [0.25, 0.3) is 0 Å². The molecule has 0 aliphatic carbocycles. The highest BCUT2D eigenvalue weighted by atomic mass is 19.1. The highest BCUT2D eigenvalue weighted by molar-refractivity contribution is 6.00. The summed E-state index contributed by atoms with van der Waals surface area (Å²) < 4.78 is 18.9. The molecule has 2 heterocycles. The molecular formula is C25H30FN3O3. The molecule has 4 rings (SSSR count). The largest absolute Gasteiger partial charge is 0.379 e. The van der Waals surface area contributed by atoms with Crippen LogP contribution in [0.1, 0.15) is 30.5 Å². The lowest BCUT2D eigenvalue weighted by atomic mass is 10.0. The van der Waals surface area contributed by atoms with E-state index in [0.717, 1.165) is 30.8 Å². The molecule has 2 fully saturated rings. The van der Waals surface area contributed by atoms with E-state index in [1.165, 1.54) is 17.7 Å². The number of morpholine rings is 1. The Morgan fingerprint density at radius 2 is 1.81 bits per heavy atom. The fraction of sp³-hybridized carbons (Fsp3) is 0.440. The number of amides is 2. The normalized spacial score (nSPS) is 20.4. The molecule has 0 saturated carbocycles. The van der Waals surface area contributed by atoms with Gasteiger partial charge in [-0.25, -0.2) is 4.39 Å². The summed E-state index contributed by atoms with van der Waals surface area (Å²) in [5, 5.41) is 3.05.